The third-order valence-corrected chi connectivity index (χ3v) is 5.58. The van der Waals surface area contributed by atoms with E-state index in [9.17, 15) is 19.7 Å². The first-order valence-electron chi connectivity index (χ1n) is 9.77. The van der Waals surface area contributed by atoms with Crippen LogP contribution in [0.3, 0.4) is 0 Å². The molecule has 0 saturated heterocycles. The van der Waals surface area contributed by atoms with E-state index in [0.29, 0.717) is 24.2 Å². The predicted octanol–water partition coefficient (Wildman–Crippen LogP) is 0.241. The lowest BCUT2D eigenvalue weighted by Gasteiger charge is -2.31. The Balaban J connectivity index is 1.47. The largest absolute Gasteiger partial charge is 0.547 e. The molecule has 0 radical (unpaired) electrons. The quantitative estimate of drug-likeness (QED) is 0.422. The third-order valence-electron chi connectivity index (χ3n) is 5.58. The maximum atomic E-state index is 12.4. The Morgan fingerprint density at radius 1 is 1.21 bits per heavy atom. The number of aliphatic hydroxyl groups excluding tert-OH is 1. The Bertz CT molecular complexity index is 708. The van der Waals surface area contributed by atoms with Gasteiger partial charge in [0.2, 0.25) is 5.91 Å². The SMILES string of the molecule is O=C(O)CNC1CCC(CC(=O)N[C@H]2Cc3cccc(CO)c3OB2O)CC1. The van der Waals surface area contributed by atoms with E-state index in [1.807, 2.05) is 12.1 Å². The van der Waals surface area contributed by atoms with Crippen LogP contribution in [0.15, 0.2) is 18.2 Å². The van der Waals surface area contributed by atoms with Crippen LogP contribution in [0.1, 0.15) is 43.2 Å². The number of amides is 1. The van der Waals surface area contributed by atoms with E-state index in [0.717, 1.165) is 31.2 Å². The van der Waals surface area contributed by atoms with Gasteiger partial charge in [-0.1, -0.05) is 18.2 Å². The summed E-state index contributed by atoms with van der Waals surface area (Å²) < 4.78 is 5.54. The molecule has 9 heteroatoms. The van der Waals surface area contributed by atoms with Crippen LogP contribution in [0.2, 0.25) is 0 Å². The van der Waals surface area contributed by atoms with Crippen LogP contribution in [0.5, 0.6) is 5.75 Å². The number of carboxylic acid groups (broad SMARTS) is 1. The number of hydrogen-bond donors (Lipinski definition) is 5. The molecule has 1 heterocycles. The van der Waals surface area contributed by atoms with E-state index >= 15 is 0 Å². The highest BCUT2D eigenvalue weighted by molar-refractivity contribution is 6.46. The number of aliphatic hydroxyl groups is 1. The fourth-order valence-electron chi connectivity index (χ4n) is 4.07. The molecule has 1 aromatic carbocycles. The first-order valence-corrected chi connectivity index (χ1v) is 9.77. The van der Waals surface area contributed by atoms with Crippen LogP contribution in [0.4, 0.5) is 0 Å². The second kappa shape index (κ2) is 9.40. The van der Waals surface area contributed by atoms with Crippen molar-refractivity contribution in [1.82, 2.24) is 10.6 Å². The van der Waals surface area contributed by atoms with E-state index in [-0.39, 0.29) is 31.0 Å². The van der Waals surface area contributed by atoms with Crippen molar-refractivity contribution in [3.05, 3.63) is 29.3 Å². The van der Waals surface area contributed by atoms with Gasteiger partial charge in [-0.25, -0.2) is 0 Å². The number of benzene rings is 1. The Hall–Kier alpha value is -2.10. The summed E-state index contributed by atoms with van der Waals surface area (Å²) in [5.41, 5.74) is 1.47. The number of hydrogen-bond acceptors (Lipinski definition) is 6. The number of nitrogens with one attached hydrogen (secondary N) is 2. The molecule has 0 bridgehead atoms. The Labute approximate surface area is 164 Å². The highest BCUT2D eigenvalue weighted by Crippen LogP contribution is 2.30. The van der Waals surface area contributed by atoms with E-state index in [4.69, 9.17) is 9.76 Å². The number of carbonyl (C=O) groups is 2. The normalized spacial score (nSPS) is 24.2. The molecule has 152 valence electrons. The molecule has 1 amide bonds. The zero-order chi connectivity index (χ0) is 20.1. The molecule has 0 spiro atoms. The highest BCUT2D eigenvalue weighted by Gasteiger charge is 2.37. The number of rotatable bonds is 7. The fraction of sp³-hybridized carbons (Fsp3) is 0.579. The van der Waals surface area contributed by atoms with E-state index in [2.05, 4.69) is 10.6 Å². The molecule has 1 aromatic rings. The topological polar surface area (TPSA) is 128 Å². The van der Waals surface area contributed by atoms with E-state index in [1.54, 1.807) is 6.07 Å². The highest BCUT2D eigenvalue weighted by atomic mass is 16.5. The van der Waals surface area contributed by atoms with Gasteiger partial charge >= 0.3 is 13.1 Å². The van der Waals surface area contributed by atoms with Crippen LogP contribution in [-0.4, -0.2) is 52.8 Å². The van der Waals surface area contributed by atoms with Gasteiger partial charge in [-0.15, -0.1) is 0 Å². The standard InChI is InChI=1S/C19H27BN2O6/c23-11-14-3-1-2-13-9-16(20(27)28-19(13)14)22-17(24)8-12-4-6-15(7-5-12)21-10-18(25)26/h1-3,12,15-16,21,23,27H,4-11H2,(H,22,24)(H,25,26)/t12?,15?,16-/m0/s1. The lowest BCUT2D eigenvalue weighted by Crippen LogP contribution is -2.53. The first-order chi connectivity index (χ1) is 13.5. The average Bonchev–Trinajstić information content (AvgIpc) is 2.67. The molecule has 8 nitrogen and oxygen atoms in total. The maximum absolute atomic E-state index is 12.4. The second-order valence-electron chi connectivity index (χ2n) is 7.65. The maximum Gasteiger partial charge on any atom is 0.547 e. The molecule has 1 aliphatic carbocycles. The van der Waals surface area contributed by atoms with Crippen molar-refractivity contribution in [2.75, 3.05) is 6.54 Å². The molecule has 0 aromatic heterocycles. The minimum atomic E-state index is -1.15. The van der Waals surface area contributed by atoms with Gasteiger partial charge in [-0.3, -0.25) is 9.59 Å². The molecule has 1 aliphatic heterocycles. The molecule has 1 atom stereocenters. The molecule has 0 unspecified atom stereocenters. The third kappa shape index (κ3) is 5.24. The number of fused-ring (bicyclic) bond motifs is 1. The Morgan fingerprint density at radius 2 is 1.96 bits per heavy atom. The minimum absolute atomic E-state index is 0.0329. The van der Waals surface area contributed by atoms with Gasteiger partial charge in [-0.2, -0.15) is 0 Å². The van der Waals surface area contributed by atoms with Gasteiger partial charge in [0.15, 0.2) is 0 Å². The summed E-state index contributed by atoms with van der Waals surface area (Å²) in [5.74, 6) is -0.741. The van der Waals surface area contributed by atoms with Crippen LogP contribution in [-0.2, 0) is 22.6 Å². The molecule has 1 saturated carbocycles. The van der Waals surface area contributed by atoms with Gasteiger partial charge < -0.3 is 30.5 Å². The second-order valence-corrected chi connectivity index (χ2v) is 7.65. The van der Waals surface area contributed by atoms with Crippen molar-refractivity contribution in [1.29, 1.82) is 0 Å². The van der Waals surface area contributed by atoms with Gasteiger partial charge in [-0.05, 0) is 43.6 Å². The van der Waals surface area contributed by atoms with Crippen LogP contribution in [0.25, 0.3) is 0 Å². The van der Waals surface area contributed by atoms with Crippen molar-refractivity contribution >= 4 is 19.0 Å². The monoisotopic (exact) mass is 390 g/mol. The smallest absolute Gasteiger partial charge is 0.534 e. The average molecular weight is 390 g/mol. The fourth-order valence-corrected chi connectivity index (χ4v) is 4.07. The van der Waals surface area contributed by atoms with Crippen molar-refractivity contribution in [3.8, 4) is 5.75 Å². The van der Waals surface area contributed by atoms with Crippen molar-refractivity contribution in [2.45, 2.75) is 57.1 Å². The van der Waals surface area contributed by atoms with Gasteiger partial charge in [0.25, 0.3) is 0 Å². The molecular formula is C19H27BN2O6. The molecule has 5 N–H and O–H groups in total. The summed E-state index contributed by atoms with van der Waals surface area (Å²) in [6.45, 7) is -0.203. The minimum Gasteiger partial charge on any atom is -0.534 e. The molecule has 3 rings (SSSR count). The van der Waals surface area contributed by atoms with Crippen LogP contribution >= 0.6 is 0 Å². The van der Waals surface area contributed by atoms with Crippen LogP contribution in [0, 0.1) is 5.92 Å². The Morgan fingerprint density at radius 3 is 2.64 bits per heavy atom. The van der Waals surface area contributed by atoms with Crippen molar-refractivity contribution < 1.29 is 29.5 Å². The number of aliphatic carboxylic acids is 1. The zero-order valence-electron chi connectivity index (χ0n) is 15.8. The van der Waals surface area contributed by atoms with Gasteiger partial charge in [0.05, 0.1) is 19.1 Å². The van der Waals surface area contributed by atoms with E-state index in [1.165, 1.54) is 0 Å². The zero-order valence-corrected chi connectivity index (χ0v) is 15.8. The molecule has 28 heavy (non-hydrogen) atoms. The number of carbonyl (C=O) groups excluding carboxylic acids is 1. The summed E-state index contributed by atoms with van der Waals surface area (Å²) >= 11 is 0. The summed E-state index contributed by atoms with van der Waals surface area (Å²) in [6.07, 6.45) is 4.30. The number of carboxylic acids is 1. The first kappa shape index (κ1) is 20.6. The summed E-state index contributed by atoms with van der Waals surface area (Å²) in [5, 5.41) is 34.3. The van der Waals surface area contributed by atoms with Crippen LogP contribution < -0.4 is 15.3 Å². The van der Waals surface area contributed by atoms with Gasteiger partial charge in [0.1, 0.15) is 5.75 Å². The molecule has 2 aliphatic rings. The predicted molar refractivity (Wildman–Crippen MR) is 103 cm³/mol. The summed E-state index contributed by atoms with van der Waals surface area (Å²) in [7, 11) is -1.15. The van der Waals surface area contributed by atoms with Gasteiger partial charge in [0, 0.05) is 18.0 Å². The lowest BCUT2D eigenvalue weighted by molar-refractivity contribution is -0.136. The Kier molecular flexibility index (Phi) is 6.93. The lowest BCUT2D eigenvalue weighted by atomic mass is 9.72. The van der Waals surface area contributed by atoms with E-state index < -0.39 is 19.0 Å². The molecular weight excluding hydrogens is 363 g/mol. The van der Waals surface area contributed by atoms with Crippen molar-refractivity contribution in [2.24, 2.45) is 5.92 Å². The summed E-state index contributed by atoms with van der Waals surface area (Å²) in [4.78, 5) is 23.1. The number of para-hydroxylation sites is 1. The van der Waals surface area contributed by atoms with Crippen molar-refractivity contribution in [3.63, 3.8) is 0 Å². The molecule has 1 fully saturated rings. The summed E-state index contributed by atoms with van der Waals surface area (Å²) in [6, 6.07) is 5.62.